The normalized spacial score (nSPS) is 11.6. The van der Waals surface area contributed by atoms with Gasteiger partial charge in [-0.1, -0.05) is 0 Å². The highest BCUT2D eigenvalue weighted by Crippen LogP contribution is 2.30. The number of ether oxygens (including phenoxy) is 1. The fraction of sp³-hybridized carbons (Fsp3) is 0.100. The van der Waals surface area contributed by atoms with E-state index in [1.54, 1.807) is 0 Å². The number of alkyl halides is 3. The monoisotopic (exact) mass is 281 g/mol. The molecule has 1 aromatic carbocycles. The van der Waals surface area contributed by atoms with Gasteiger partial charge in [-0.25, -0.2) is 9.37 Å². The van der Waals surface area contributed by atoms with E-state index in [1.807, 2.05) is 0 Å². The molecule has 0 amide bonds. The van der Waals surface area contributed by atoms with Crippen molar-refractivity contribution in [3.8, 4) is 17.1 Å². The van der Waals surface area contributed by atoms with Gasteiger partial charge in [0, 0.05) is 5.56 Å². The highest BCUT2D eigenvalue weighted by molar-refractivity contribution is 6.27. The molecule has 2 rings (SSSR count). The largest absolute Gasteiger partial charge is 0.573 e. The lowest BCUT2D eigenvalue weighted by Gasteiger charge is -2.09. The number of aromatic nitrogens is 1. The Kier molecular flexibility index (Phi) is 3.16. The van der Waals surface area contributed by atoms with Crippen molar-refractivity contribution >= 4 is 11.6 Å². The van der Waals surface area contributed by atoms with E-state index in [1.165, 1.54) is 12.3 Å². The van der Waals surface area contributed by atoms with Gasteiger partial charge in [0.05, 0.1) is 6.20 Å². The van der Waals surface area contributed by atoms with Crippen molar-refractivity contribution in [3.05, 3.63) is 35.6 Å². The van der Waals surface area contributed by atoms with Crippen LogP contribution >= 0.6 is 11.6 Å². The molecule has 0 unspecified atom stereocenters. The van der Waals surface area contributed by atoms with Gasteiger partial charge in [-0.05, 0) is 29.8 Å². The van der Waals surface area contributed by atoms with Gasteiger partial charge in [0.2, 0.25) is 0 Å². The fourth-order valence-electron chi connectivity index (χ4n) is 1.25. The Morgan fingerprint density at radius 1 is 1.28 bits per heavy atom. The molecule has 0 aliphatic heterocycles. The van der Waals surface area contributed by atoms with Crippen LogP contribution in [-0.4, -0.2) is 11.3 Å². The molecule has 18 heavy (non-hydrogen) atoms. The van der Waals surface area contributed by atoms with Gasteiger partial charge in [-0.15, -0.1) is 13.2 Å². The third-order valence-electron chi connectivity index (χ3n) is 1.92. The molecule has 1 heterocycles. The van der Waals surface area contributed by atoms with E-state index in [9.17, 15) is 17.6 Å². The lowest BCUT2D eigenvalue weighted by Crippen LogP contribution is -2.17. The maximum atomic E-state index is 13.4. The summed E-state index contributed by atoms with van der Waals surface area (Å²) in [6.07, 6.45) is -3.72. The van der Waals surface area contributed by atoms with E-state index in [4.69, 9.17) is 16.0 Å². The Hall–Kier alpha value is -1.76. The van der Waals surface area contributed by atoms with Crippen molar-refractivity contribution in [1.29, 1.82) is 0 Å². The Bertz CT molecular complexity index is 567. The molecule has 8 heteroatoms. The van der Waals surface area contributed by atoms with Crippen LogP contribution in [0.15, 0.2) is 28.8 Å². The first-order valence-electron chi connectivity index (χ1n) is 4.52. The molecule has 0 spiro atoms. The molecule has 1 aromatic heterocycles. The maximum absolute atomic E-state index is 13.4. The summed E-state index contributed by atoms with van der Waals surface area (Å²) < 4.78 is 57.5. The molecule has 0 aliphatic rings. The molecule has 0 N–H and O–H groups in total. The van der Waals surface area contributed by atoms with E-state index in [0.717, 1.165) is 12.1 Å². The SMILES string of the molecule is Fc1cc(-c2cnc(Cl)o2)ccc1OC(F)(F)F. The number of halogens is 5. The number of benzene rings is 1. The minimum atomic E-state index is -4.95. The predicted molar refractivity (Wildman–Crippen MR) is 53.6 cm³/mol. The lowest BCUT2D eigenvalue weighted by atomic mass is 10.2. The van der Waals surface area contributed by atoms with Gasteiger partial charge < -0.3 is 9.15 Å². The second-order valence-electron chi connectivity index (χ2n) is 3.17. The quantitative estimate of drug-likeness (QED) is 0.780. The van der Waals surface area contributed by atoms with Crippen molar-refractivity contribution in [3.63, 3.8) is 0 Å². The van der Waals surface area contributed by atoms with Crippen LogP contribution in [0.4, 0.5) is 17.6 Å². The zero-order valence-electron chi connectivity index (χ0n) is 8.46. The molecule has 96 valence electrons. The number of rotatable bonds is 2. The van der Waals surface area contributed by atoms with E-state index in [-0.39, 0.29) is 16.7 Å². The summed E-state index contributed by atoms with van der Waals surface area (Å²) in [4.78, 5) is 3.57. The maximum Gasteiger partial charge on any atom is 0.573 e. The lowest BCUT2D eigenvalue weighted by molar-refractivity contribution is -0.275. The summed E-state index contributed by atoms with van der Waals surface area (Å²) in [7, 11) is 0. The molecular formula is C10H4ClF4NO2. The number of hydrogen-bond acceptors (Lipinski definition) is 3. The van der Waals surface area contributed by atoms with Crippen molar-refractivity contribution in [1.82, 2.24) is 4.98 Å². The van der Waals surface area contributed by atoms with Crippen LogP contribution < -0.4 is 4.74 Å². The highest BCUT2D eigenvalue weighted by atomic mass is 35.5. The van der Waals surface area contributed by atoms with Gasteiger partial charge in [0.15, 0.2) is 17.3 Å². The van der Waals surface area contributed by atoms with Crippen LogP contribution in [0.5, 0.6) is 5.75 Å². The first kappa shape index (κ1) is 12.7. The minimum absolute atomic E-state index is 0.137. The fourth-order valence-corrected chi connectivity index (χ4v) is 1.38. The zero-order valence-corrected chi connectivity index (χ0v) is 9.22. The third kappa shape index (κ3) is 2.92. The first-order chi connectivity index (χ1) is 8.35. The molecule has 0 bridgehead atoms. The molecule has 0 saturated heterocycles. The predicted octanol–water partition coefficient (Wildman–Crippen LogP) is 4.03. The molecular weight excluding hydrogens is 278 g/mol. The van der Waals surface area contributed by atoms with Crippen LogP contribution in [0.2, 0.25) is 5.35 Å². The molecule has 0 radical (unpaired) electrons. The second-order valence-corrected chi connectivity index (χ2v) is 3.49. The van der Waals surface area contributed by atoms with Crippen molar-refractivity contribution in [2.45, 2.75) is 6.36 Å². The number of oxazole rings is 1. The van der Waals surface area contributed by atoms with Crippen molar-refractivity contribution in [2.75, 3.05) is 0 Å². The van der Waals surface area contributed by atoms with Crippen molar-refractivity contribution < 1.29 is 26.7 Å². The summed E-state index contributed by atoms with van der Waals surface area (Å²) in [6.45, 7) is 0. The van der Waals surface area contributed by atoms with Crippen molar-refractivity contribution in [2.24, 2.45) is 0 Å². The number of hydrogen-bond donors (Lipinski definition) is 0. The molecule has 0 aliphatic carbocycles. The van der Waals surface area contributed by atoms with Crippen LogP contribution in [0.3, 0.4) is 0 Å². The summed E-state index contributed by atoms with van der Waals surface area (Å²) in [5.41, 5.74) is 0.196. The zero-order chi connectivity index (χ0) is 13.3. The molecule has 0 fully saturated rings. The smallest absolute Gasteiger partial charge is 0.428 e. The Balaban J connectivity index is 2.30. The average molecular weight is 282 g/mol. The minimum Gasteiger partial charge on any atom is -0.428 e. The van der Waals surface area contributed by atoms with Crippen LogP contribution in [-0.2, 0) is 0 Å². The summed E-state index contributed by atoms with van der Waals surface area (Å²) in [5, 5.41) is -0.152. The molecule has 0 saturated carbocycles. The topological polar surface area (TPSA) is 35.3 Å². The standard InChI is InChI=1S/C10H4ClF4NO2/c11-9-16-4-8(17-9)5-1-2-7(6(12)3-5)18-10(13,14)15/h1-4H. The molecule has 0 atom stereocenters. The third-order valence-corrected chi connectivity index (χ3v) is 2.09. The average Bonchev–Trinajstić information content (AvgIpc) is 2.66. The highest BCUT2D eigenvalue weighted by Gasteiger charge is 2.32. The number of nitrogens with zero attached hydrogens (tertiary/aromatic N) is 1. The van der Waals surface area contributed by atoms with Crippen LogP contribution in [0, 0.1) is 5.82 Å². The van der Waals surface area contributed by atoms with Crippen LogP contribution in [0.1, 0.15) is 0 Å². The molecule has 3 nitrogen and oxygen atoms in total. The summed E-state index contributed by atoms with van der Waals surface area (Å²) >= 11 is 5.42. The van der Waals surface area contributed by atoms with Crippen LogP contribution in [0.25, 0.3) is 11.3 Å². The van der Waals surface area contributed by atoms with Gasteiger partial charge >= 0.3 is 6.36 Å². The Morgan fingerprint density at radius 2 is 2.00 bits per heavy atom. The van der Waals surface area contributed by atoms with Gasteiger partial charge in [0.25, 0.3) is 5.35 Å². The Labute approximate surface area is 103 Å². The van der Waals surface area contributed by atoms with Gasteiger partial charge in [-0.3, -0.25) is 0 Å². The van der Waals surface area contributed by atoms with Gasteiger partial charge in [-0.2, -0.15) is 0 Å². The van der Waals surface area contributed by atoms with E-state index >= 15 is 0 Å². The van der Waals surface area contributed by atoms with Gasteiger partial charge in [0.1, 0.15) is 0 Å². The first-order valence-corrected chi connectivity index (χ1v) is 4.90. The van der Waals surface area contributed by atoms with E-state index < -0.39 is 17.9 Å². The van der Waals surface area contributed by atoms with E-state index in [2.05, 4.69) is 9.72 Å². The summed E-state index contributed by atoms with van der Waals surface area (Å²) in [6, 6.07) is 2.87. The second kappa shape index (κ2) is 4.49. The Morgan fingerprint density at radius 3 is 2.50 bits per heavy atom. The van der Waals surface area contributed by atoms with E-state index in [0.29, 0.717) is 0 Å². The summed E-state index contributed by atoms with van der Waals surface area (Å²) in [5.74, 6) is -1.95. The molecule has 2 aromatic rings.